The van der Waals surface area contributed by atoms with E-state index in [0.717, 1.165) is 0 Å². The fraction of sp³-hybridized carbons (Fsp3) is 0.462. The molecule has 1 aliphatic rings. The highest BCUT2D eigenvalue weighted by Gasteiger charge is 2.34. The first-order valence-corrected chi connectivity index (χ1v) is 7.43. The molecule has 2 atom stereocenters. The predicted molar refractivity (Wildman–Crippen MR) is 75.2 cm³/mol. The van der Waals surface area contributed by atoms with E-state index in [4.69, 9.17) is 9.84 Å². The van der Waals surface area contributed by atoms with E-state index in [1.54, 1.807) is 12.1 Å². The van der Waals surface area contributed by atoms with Crippen molar-refractivity contribution in [2.45, 2.75) is 25.0 Å². The number of carbonyl (C=O) groups is 3. The Morgan fingerprint density at radius 2 is 1.95 bits per heavy atom. The van der Waals surface area contributed by atoms with Gasteiger partial charge in [0.1, 0.15) is 6.10 Å². The third kappa shape index (κ3) is 4.27. The van der Waals surface area contributed by atoms with Crippen LogP contribution in [0.4, 0.5) is 0 Å². The minimum atomic E-state index is -1.05. The summed E-state index contributed by atoms with van der Waals surface area (Å²) in [5.74, 6) is -1.57. The van der Waals surface area contributed by atoms with Crippen LogP contribution in [0.5, 0.6) is 0 Å². The quantitative estimate of drug-likeness (QED) is 0.652. The number of carboxylic acids is 1. The zero-order valence-corrected chi connectivity index (χ0v) is 12.0. The predicted octanol–water partition coefficient (Wildman–Crippen LogP) is 0.226. The van der Waals surface area contributed by atoms with Gasteiger partial charge in [0.25, 0.3) is 5.91 Å². The van der Waals surface area contributed by atoms with E-state index in [-0.39, 0.29) is 18.4 Å². The molecule has 7 nitrogen and oxygen atoms in total. The number of nitrogens with one attached hydrogen (secondary N) is 2. The molecule has 1 fully saturated rings. The van der Waals surface area contributed by atoms with E-state index in [1.807, 2.05) is 5.38 Å². The number of amides is 2. The lowest BCUT2D eigenvalue weighted by atomic mass is 10.2. The average molecular weight is 312 g/mol. The van der Waals surface area contributed by atoms with E-state index in [1.165, 1.54) is 11.3 Å². The second kappa shape index (κ2) is 7.19. The molecule has 2 amide bonds. The molecule has 1 aromatic rings. The lowest BCUT2D eigenvalue weighted by Gasteiger charge is -2.12. The molecular weight excluding hydrogens is 296 g/mol. The maximum atomic E-state index is 11.7. The third-order valence-electron chi connectivity index (χ3n) is 3.04. The van der Waals surface area contributed by atoms with Crippen LogP contribution >= 0.6 is 11.3 Å². The standard InChI is InChI=1S/C13H16N2O5S/c16-11(8-3-4-9(20-8)13(18)19)14-5-6-15-12(17)10-2-1-7-21-10/h1-2,7-9H,3-6H2,(H,14,16)(H,15,17)(H,18,19)/t8-,9+/m0/s1. The minimum Gasteiger partial charge on any atom is -0.479 e. The third-order valence-corrected chi connectivity index (χ3v) is 3.91. The van der Waals surface area contributed by atoms with Gasteiger partial charge in [-0.25, -0.2) is 4.79 Å². The Hall–Kier alpha value is -1.93. The van der Waals surface area contributed by atoms with Gasteiger partial charge in [-0.15, -0.1) is 11.3 Å². The molecule has 21 heavy (non-hydrogen) atoms. The van der Waals surface area contributed by atoms with Gasteiger partial charge in [0.2, 0.25) is 5.91 Å². The van der Waals surface area contributed by atoms with Gasteiger partial charge in [-0.1, -0.05) is 6.07 Å². The first kappa shape index (κ1) is 15.5. The number of hydrogen-bond acceptors (Lipinski definition) is 5. The number of carboxylic acid groups (broad SMARTS) is 1. The second-order valence-corrected chi connectivity index (χ2v) is 5.50. The molecule has 1 aliphatic heterocycles. The lowest BCUT2D eigenvalue weighted by Crippen LogP contribution is -2.40. The average Bonchev–Trinajstić information content (AvgIpc) is 3.13. The molecule has 0 bridgehead atoms. The fourth-order valence-corrected chi connectivity index (χ4v) is 2.62. The molecular formula is C13H16N2O5S. The minimum absolute atomic E-state index is 0.178. The van der Waals surface area contributed by atoms with Crippen LogP contribution in [0, 0.1) is 0 Å². The van der Waals surface area contributed by atoms with Gasteiger partial charge in [0.05, 0.1) is 4.88 Å². The highest BCUT2D eigenvalue weighted by molar-refractivity contribution is 7.12. The zero-order chi connectivity index (χ0) is 15.2. The molecule has 0 unspecified atom stereocenters. The van der Waals surface area contributed by atoms with Crippen molar-refractivity contribution in [3.8, 4) is 0 Å². The maximum absolute atomic E-state index is 11.7. The van der Waals surface area contributed by atoms with Gasteiger partial charge in [-0.05, 0) is 24.3 Å². The molecule has 0 spiro atoms. The lowest BCUT2D eigenvalue weighted by molar-refractivity contribution is -0.151. The molecule has 0 aromatic carbocycles. The van der Waals surface area contributed by atoms with Gasteiger partial charge in [-0.2, -0.15) is 0 Å². The monoisotopic (exact) mass is 312 g/mol. The van der Waals surface area contributed by atoms with E-state index < -0.39 is 18.2 Å². The summed E-state index contributed by atoms with van der Waals surface area (Å²) in [6, 6.07) is 3.51. The van der Waals surface area contributed by atoms with Crippen LogP contribution in [0.2, 0.25) is 0 Å². The molecule has 8 heteroatoms. The van der Waals surface area contributed by atoms with Crippen LogP contribution in [-0.2, 0) is 14.3 Å². The van der Waals surface area contributed by atoms with Crippen LogP contribution in [0.15, 0.2) is 17.5 Å². The van der Waals surface area contributed by atoms with E-state index in [0.29, 0.717) is 24.3 Å². The number of hydrogen-bond donors (Lipinski definition) is 3. The molecule has 0 radical (unpaired) electrons. The highest BCUT2D eigenvalue weighted by atomic mass is 32.1. The summed E-state index contributed by atoms with van der Waals surface area (Å²) in [7, 11) is 0. The van der Waals surface area contributed by atoms with E-state index >= 15 is 0 Å². The van der Waals surface area contributed by atoms with E-state index in [9.17, 15) is 14.4 Å². The summed E-state index contributed by atoms with van der Waals surface area (Å²) in [5.41, 5.74) is 0. The van der Waals surface area contributed by atoms with Crippen molar-refractivity contribution in [3.63, 3.8) is 0 Å². The summed E-state index contributed by atoms with van der Waals surface area (Å²) in [4.78, 5) is 34.7. The SMILES string of the molecule is O=C(NCCNC(=O)[C@@H]1CC[C@H](C(=O)O)O1)c1cccs1. The van der Waals surface area contributed by atoms with Crippen LogP contribution in [0.1, 0.15) is 22.5 Å². The number of aliphatic carboxylic acids is 1. The molecule has 114 valence electrons. The Bertz CT molecular complexity index is 517. The number of carbonyl (C=O) groups excluding carboxylic acids is 2. The molecule has 1 saturated heterocycles. The number of ether oxygens (including phenoxy) is 1. The van der Waals surface area contributed by atoms with Crippen molar-refractivity contribution in [1.29, 1.82) is 0 Å². The Labute approximate surface area is 125 Å². The molecule has 0 saturated carbocycles. The number of rotatable bonds is 6. The van der Waals surface area contributed by atoms with Gasteiger partial charge in [0.15, 0.2) is 6.10 Å². The van der Waals surface area contributed by atoms with Gasteiger partial charge in [-0.3, -0.25) is 9.59 Å². The largest absolute Gasteiger partial charge is 0.479 e. The Morgan fingerprint density at radius 3 is 2.57 bits per heavy atom. The van der Waals surface area contributed by atoms with Crippen molar-refractivity contribution in [2.24, 2.45) is 0 Å². The summed E-state index contributed by atoms with van der Waals surface area (Å²) in [6.45, 7) is 0.575. The summed E-state index contributed by atoms with van der Waals surface area (Å²) in [6.07, 6.45) is -0.897. The summed E-state index contributed by atoms with van der Waals surface area (Å²) >= 11 is 1.34. The first-order valence-electron chi connectivity index (χ1n) is 6.55. The Kier molecular flexibility index (Phi) is 5.29. The van der Waals surface area contributed by atoms with Gasteiger partial charge < -0.3 is 20.5 Å². The second-order valence-electron chi connectivity index (χ2n) is 4.55. The summed E-state index contributed by atoms with van der Waals surface area (Å²) in [5, 5.41) is 15.9. The van der Waals surface area contributed by atoms with Crippen LogP contribution in [0.3, 0.4) is 0 Å². The fourth-order valence-electron chi connectivity index (χ4n) is 1.98. The smallest absolute Gasteiger partial charge is 0.332 e. The van der Waals surface area contributed by atoms with Crippen molar-refractivity contribution >= 4 is 29.1 Å². The molecule has 1 aromatic heterocycles. The number of thiophene rings is 1. The van der Waals surface area contributed by atoms with Crippen LogP contribution in [-0.4, -0.2) is 48.2 Å². The maximum Gasteiger partial charge on any atom is 0.332 e. The van der Waals surface area contributed by atoms with E-state index in [2.05, 4.69) is 10.6 Å². The molecule has 2 rings (SSSR count). The van der Waals surface area contributed by atoms with Crippen LogP contribution < -0.4 is 10.6 Å². The van der Waals surface area contributed by atoms with Crippen molar-refractivity contribution < 1.29 is 24.2 Å². The molecule has 0 aliphatic carbocycles. The van der Waals surface area contributed by atoms with Crippen molar-refractivity contribution in [1.82, 2.24) is 10.6 Å². The topological polar surface area (TPSA) is 105 Å². The summed E-state index contributed by atoms with van der Waals surface area (Å²) < 4.78 is 5.12. The first-order chi connectivity index (χ1) is 10.1. The van der Waals surface area contributed by atoms with Gasteiger partial charge in [0, 0.05) is 13.1 Å². The van der Waals surface area contributed by atoms with Gasteiger partial charge >= 0.3 is 5.97 Å². The normalized spacial score (nSPS) is 21.0. The van der Waals surface area contributed by atoms with Crippen molar-refractivity contribution in [2.75, 3.05) is 13.1 Å². The van der Waals surface area contributed by atoms with Crippen LogP contribution in [0.25, 0.3) is 0 Å². The Morgan fingerprint density at radius 1 is 1.24 bits per heavy atom. The molecule has 2 heterocycles. The zero-order valence-electron chi connectivity index (χ0n) is 11.2. The molecule has 3 N–H and O–H groups in total. The highest BCUT2D eigenvalue weighted by Crippen LogP contribution is 2.19. The Balaban J connectivity index is 1.64. The van der Waals surface area contributed by atoms with Crippen molar-refractivity contribution in [3.05, 3.63) is 22.4 Å².